The Balaban J connectivity index is 1.84. The van der Waals surface area contributed by atoms with Crippen molar-refractivity contribution < 1.29 is 19.2 Å². The maximum atomic E-state index is 13.3. The van der Waals surface area contributed by atoms with Gasteiger partial charge >= 0.3 is 0 Å². The lowest BCUT2D eigenvalue weighted by atomic mass is 9.79. The summed E-state index contributed by atoms with van der Waals surface area (Å²) >= 11 is 0. The van der Waals surface area contributed by atoms with Crippen molar-refractivity contribution in [2.75, 3.05) is 6.54 Å². The molecule has 3 amide bonds. The number of nitrogens with one attached hydrogen (secondary N) is 3. The minimum atomic E-state index is -0.670. The van der Waals surface area contributed by atoms with E-state index in [0.717, 1.165) is 24.1 Å². The van der Waals surface area contributed by atoms with Crippen molar-refractivity contribution in [2.45, 2.75) is 71.0 Å². The Kier molecular flexibility index (Phi) is 7.33. The molecule has 2 aliphatic rings. The SMILES string of the molecule is CC[C@H](C)[C@H](NC(C)=O)C(=O)N[C@H]1CCc2ccn3c2C1C(=O)C[C@H](C(=O)NCC#N)C3. The predicted octanol–water partition coefficient (Wildman–Crippen LogP) is 0.782. The maximum absolute atomic E-state index is 13.3. The Hall–Kier alpha value is -3.15. The Morgan fingerprint density at radius 3 is 2.75 bits per heavy atom. The number of nitrogens with zero attached hydrogens (tertiary/aromatic N) is 2. The second-order valence-corrected chi connectivity index (χ2v) is 8.82. The molecule has 1 aliphatic heterocycles. The molecule has 3 rings (SSSR count). The third-order valence-electron chi connectivity index (χ3n) is 6.62. The zero-order chi connectivity index (χ0) is 23.4. The lowest BCUT2D eigenvalue weighted by molar-refractivity contribution is -0.131. The van der Waals surface area contributed by atoms with E-state index >= 15 is 0 Å². The van der Waals surface area contributed by atoms with Gasteiger partial charge in [0.05, 0.1) is 17.9 Å². The van der Waals surface area contributed by atoms with E-state index in [1.807, 2.05) is 36.7 Å². The molecule has 0 saturated heterocycles. The molecule has 1 aromatic heterocycles. The van der Waals surface area contributed by atoms with E-state index in [-0.39, 0.29) is 42.4 Å². The van der Waals surface area contributed by atoms with Crippen molar-refractivity contribution in [1.82, 2.24) is 20.5 Å². The van der Waals surface area contributed by atoms with Gasteiger partial charge < -0.3 is 20.5 Å². The second-order valence-electron chi connectivity index (χ2n) is 8.82. The minimum Gasteiger partial charge on any atom is -0.350 e. The largest absolute Gasteiger partial charge is 0.350 e. The molecule has 0 saturated carbocycles. The third kappa shape index (κ3) is 4.85. The summed E-state index contributed by atoms with van der Waals surface area (Å²) in [5.41, 5.74) is 1.93. The topological polar surface area (TPSA) is 133 Å². The van der Waals surface area contributed by atoms with E-state index in [1.54, 1.807) is 0 Å². The van der Waals surface area contributed by atoms with E-state index < -0.39 is 23.9 Å². The normalized spacial score (nSPS) is 23.7. The van der Waals surface area contributed by atoms with Crippen molar-refractivity contribution in [1.29, 1.82) is 5.26 Å². The summed E-state index contributed by atoms with van der Waals surface area (Å²) in [6.45, 7) is 5.51. The molecule has 0 radical (unpaired) electrons. The fourth-order valence-corrected chi connectivity index (χ4v) is 4.79. The standard InChI is InChI=1S/C23H31N5O4/c1-4-13(2)20(26-14(3)29)23(32)27-17-6-5-15-7-10-28-12-16(22(31)25-9-8-24)11-18(30)19(17)21(15)28/h7,10,13,16-17,19-20H,4-6,9,11-12H2,1-3H3,(H,25,31)(H,26,29)(H,27,32)/t13-,16-,17-,19?,20-/m0/s1. The van der Waals surface area contributed by atoms with E-state index in [9.17, 15) is 19.2 Å². The summed E-state index contributed by atoms with van der Waals surface area (Å²) < 4.78 is 1.94. The number of Topliss-reactive ketones (excluding diaryl/α,β-unsaturated/α-hetero) is 1. The average Bonchev–Trinajstić information content (AvgIpc) is 3.09. The van der Waals surface area contributed by atoms with Crippen LogP contribution < -0.4 is 16.0 Å². The Morgan fingerprint density at radius 1 is 1.34 bits per heavy atom. The highest BCUT2D eigenvalue weighted by Crippen LogP contribution is 2.38. The van der Waals surface area contributed by atoms with Crippen LogP contribution in [0.25, 0.3) is 0 Å². The van der Waals surface area contributed by atoms with Gasteiger partial charge in [-0.2, -0.15) is 5.26 Å². The molecule has 32 heavy (non-hydrogen) atoms. The quantitative estimate of drug-likeness (QED) is 0.538. The van der Waals surface area contributed by atoms with Crippen molar-refractivity contribution in [2.24, 2.45) is 11.8 Å². The number of rotatable bonds is 7. The first-order valence-electron chi connectivity index (χ1n) is 11.2. The van der Waals surface area contributed by atoms with Crippen LogP contribution in [0.5, 0.6) is 0 Å². The predicted molar refractivity (Wildman–Crippen MR) is 116 cm³/mol. The highest BCUT2D eigenvalue weighted by Gasteiger charge is 2.42. The molecule has 1 aromatic rings. The minimum absolute atomic E-state index is 0.0515. The molecule has 9 heteroatoms. The Bertz CT molecular complexity index is 947. The van der Waals surface area contributed by atoms with Gasteiger partial charge in [0.25, 0.3) is 0 Å². The molecule has 1 unspecified atom stereocenters. The fourth-order valence-electron chi connectivity index (χ4n) is 4.79. The summed E-state index contributed by atoms with van der Waals surface area (Å²) in [6.07, 6.45) is 3.99. The summed E-state index contributed by atoms with van der Waals surface area (Å²) in [4.78, 5) is 50.6. The molecule has 3 N–H and O–H groups in total. The van der Waals surface area contributed by atoms with Crippen LogP contribution in [0.4, 0.5) is 0 Å². The van der Waals surface area contributed by atoms with Crippen LogP contribution in [-0.4, -0.2) is 46.7 Å². The monoisotopic (exact) mass is 441 g/mol. The number of amides is 3. The number of aromatic nitrogens is 1. The van der Waals surface area contributed by atoms with Crippen LogP contribution in [0.1, 0.15) is 57.2 Å². The number of hydrogen-bond acceptors (Lipinski definition) is 5. The number of aryl methyl sites for hydroxylation is 1. The number of hydrogen-bond donors (Lipinski definition) is 3. The number of carbonyl (C=O) groups is 4. The first-order chi connectivity index (χ1) is 15.3. The van der Waals surface area contributed by atoms with E-state index in [0.29, 0.717) is 13.0 Å². The molecule has 9 nitrogen and oxygen atoms in total. The molecule has 0 spiro atoms. The first kappa shape index (κ1) is 23.5. The van der Waals surface area contributed by atoms with Gasteiger partial charge in [0.1, 0.15) is 18.4 Å². The van der Waals surface area contributed by atoms with Gasteiger partial charge in [-0.15, -0.1) is 0 Å². The lowest BCUT2D eigenvalue weighted by Crippen LogP contribution is -2.54. The molecule has 0 bridgehead atoms. The summed E-state index contributed by atoms with van der Waals surface area (Å²) in [5.74, 6) is -2.14. The van der Waals surface area contributed by atoms with Crippen LogP contribution in [0.2, 0.25) is 0 Å². The van der Waals surface area contributed by atoms with Crippen LogP contribution in [-0.2, 0) is 32.1 Å². The van der Waals surface area contributed by atoms with Crippen molar-refractivity contribution >= 4 is 23.5 Å². The van der Waals surface area contributed by atoms with Gasteiger partial charge in [-0.05, 0) is 30.4 Å². The summed E-state index contributed by atoms with van der Waals surface area (Å²) in [5, 5.41) is 17.1. The molecule has 172 valence electrons. The second kappa shape index (κ2) is 9.98. The average molecular weight is 442 g/mol. The number of carbonyl (C=O) groups excluding carboxylic acids is 4. The van der Waals surface area contributed by atoms with Crippen LogP contribution >= 0.6 is 0 Å². The van der Waals surface area contributed by atoms with Gasteiger partial charge in [-0.1, -0.05) is 20.3 Å². The van der Waals surface area contributed by atoms with Crippen molar-refractivity contribution in [3.63, 3.8) is 0 Å². The Morgan fingerprint density at radius 2 is 2.09 bits per heavy atom. The lowest BCUT2D eigenvalue weighted by Gasteiger charge is -2.34. The number of ketones is 1. The van der Waals surface area contributed by atoms with Crippen LogP contribution in [0, 0.1) is 23.2 Å². The molecule has 2 heterocycles. The fraction of sp³-hybridized carbons (Fsp3) is 0.609. The van der Waals surface area contributed by atoms with E-state index in [4.69, 9.17) is 5.26 Å². The summed E-state index contributed by atoms with van der Waals surface area (Å²) in [6, 6.07) is 2.78. The van der Waals surface area contributed by atoms with E-state index in [1.165, 1.54) is 6.92 Å². The van der Waals surface area contributed by atoms with Crippen LogP contribution in [0.3, 0.4) is 0 Å². The van der Waals surface area contributed by atoms with Gasteiger partial charge in [-0.3, -0.25) is 19.2 Å². The molecule has 0 aromatic carbocycles. The summed E-state index contributed by atoms with van der Waals surface area (Å²) in [7, 11) is 0. The third-order valence-corrected chi connectivity index (χ3v) is 6.62. The van der Waals surface area contributed by atoms with Crippen LogP contribution in [0.15, 0.2) is 12.3 Å². The first-order valence-corrected chi connectivity index (χ1v) is 11.2. The van der Waals surface area contributed by atoms with E-state index in [2.05, 4.69) is 16.0 Å². The van der Waals surface area contributed by atoms with Gasteiger partial charge in [0.15, 0.2) is 0 Å². The van der Waals surface area contributed by atoms with Crippen molar-refractivity contribution in [3.8, 4) is 6.07 Å². The van der Waals surface area contributed by atoms with Gasteiger partial charge in [0.2, 0.25) is 17.7 Å². The zero-order valence-electron chi connectivity index (χ0n) is 18.8. The molecular weight excluding hydrogens is 410 g/mol. The molecule has 0 fully saturated rings. The molecule has 1 aliphatic carbocycles. The number of nitriles is 1. The highest BCUT2D eigenvalue weighted by molar-refractivity contribution is 5.93. The zero-order valence-corrected chi connectivity index (χ0v) is 18.8. The van der Waals surface area contributed by atoms with Gasteiger partial charge in [0, 0.05) is 37.8 Å². The Labute approximate surface area is 187 Å². The van der Waals surface area contributed by atoms with Crippen molar-refractivity contribution in [3.05, 3.63) is 23.5 Å². The highest BCUT2D eigenvalue weighted by atomic mass is 16.2. The smallest absolute Gasteiger partial charge is 0.243 e. The molecule has 5 atom stereocenters. The molecular formula is C23H31N5O4. The maximum Gasteiger partial charge on any atom is 0.243 e. The van der Waals surface area contributed by atoms with Gasteiger partial charge in [-0.25, -0.2) is 0 Å².